The largest absolute Gasteiger partial charge is 0.507 e. The first-order valence-electron chi connectivity index (χ1n) is 10.8. The molecule has 0 fully saturated rings. The number of phenolic OH excluding ortho intramolecular Hbond substituents is 1. The van der Waals surface area contributed by atoms with E-state index in [0.29, 0.717) is 18.4 Å². The fraction of sp³-hybridized carbons (Fsp3) is 0.440. The number of aromatic hydroxyl groups is 1. The van der Waals surface area contributed by atoms with Crippen LogP contribution in [0.15, 0.2) is 53.1 Å². The van der Waals surface area contributed by atoms with Gasteiger partial charge in [-0.15, -0.1) is 0 Å². The Balaban J connectivity index is 1.85. The average Bonchev–Trinajstić information content (AvgIpc) is 3.03. The second kappa shape index (κ2) is 9.55. The van der Waals surface area contributed by atoms with E-state index in [1.165, 1.54) is 0 Å². The first kappa shape index (κ1) is 23.5. The van der Waals surface area contributed by atoms with Gasteiger partial charge >= 0.3 is 0 Å². The molecule has 6 heteroatoms. The second-order valence-electron chi connectivity index (χ2n) is 8.54. The van der Waals surface area contributed by atoms with E-state index in [-0.39, 0.29) is 17.4 Å². The molecule has 1 heterocycles. The Morgan fingerprint density at radius 1 is 1.16 bits per heavy atom. The highest BCUT2D eigenvalue weighted by atomic mass is 32.2. The van der Waals surface area contributed by atoms with E-state index in [4.69, 9.17) is 0 Å². The van der Waals surface area contributed by atoms with E-state index in [2.05, 4.69) is 13.0 Å². The van der Waals surface area contributed by atoms with E-state index in [1.54, 1.807) is 6.07 Å². The molecule has 2 atom stereocenters. The number of sulfone groups is 1. The van der Waals surface area contributed by atoms with Crippen molar-refractivity contribution in [1.29, 1.82) is 0 Å². The number of aliphatic hydroxyl groups is 2. The molecule has 0 unspecified atom stereocenters. The quantitative estimate of drug-likeness (QED) is 0.530. The molecule has 0 spiro atoms. The summed E-state index contributed by atoms with van der Waals surface area (Å²) in [6.45, 7) is 5.40. The fourth-order valence-corrected chi connectivity index (χ4v) is 6.48. The van der Waals surface area contributed by atoms with E-state index in [0.717, 1.165) is 33.9 Å². The average molecular weight is 445 g/mol. The third-order valence-corrected chi connectivity index (χ3v) is 8.20. The Labute approximate surface area is 184 Å². The summed E-state index contributed by atoms with van der Waals surface area (Å²) in [4.78, 5) is 0. The maximum atomic E-state index is 12.5. The zero-order valence-corrected chi connectivity index (χ0v) is 19.2. The van der Waals surface area contributed by atoms with Crippen LogP contribution in [0.1, 0.15) is 45.6 Å². The van der Waals surface area contributed by atoms with Gasteiger partial charge in [0.15, 0.2) is 9.84 Å². The summed E-state index contributed by atoms with van der Waals surface area (Å²) in [6.07, 6.45) is 2.98. The van der Waals surface area contributed by atoms with Gasteiger partial charge in [0.05, 0.1) is 18.5 Å². The standard InChI is InChI=1S/C25H32O5S/c1-4-17(13-18-10-12-22(27)20-8-6-5-7-19(18)20)9-11-23(28)25-21(16(2)3)15-31(29,30)24(25)14-26/h5-8,10,12-13,16,23-24,26-28H,4,9,11,14-15H2,1-3H3/b17-13+/t23-,24+/m1/s1. The number of aliphatic hydroxyl groups excluding tert-OH is 2. The molecule has 5 nitrogen and oxygen atoms in total. The Bertz CT molecular complexity index is 1110. The summed E-state index contributed by atoms with van der Waals surface area (Å²) < 4.78 is 24.9. The lowest BCUT2D eigenvalue weighted by Gasteiger charge is -2.20. The first-order valence-corrected chi connectivity index (χ1v) is 12.5. The molecular formula is C25H32O5S. The zero-order chi connectivity index (χ0) is 22.8. The predicted molar refractivity (Wildman–Crippen MR) is 126 cm³/mol. The van der Waals surface area contributed by atoms with E-state index < -0.39 is 27.8 Å². The number of hydrogen-bond acceptors (Lipinski definition) is 5. The van der Waals surface area contributed by atoms with Crippen molar-refractivity contribution >= 4 is 26.7 Å². The van der Waals surface area contributed by atoms with Crippen LogP contribution in [0.2, 0.25) is 0 Å². The summed E-state index contributed by atoms with van der Waals surface area (Å²) >= 11 is 0. The van der Waals surface area contributed by atoms with Crippen LogP contribution in [-0.4, -0.2) is 47.5 Å². The van der Waals surface area contributed by atoms with E-state index >= 15 is 0 Å². The smallest absolute Gasteiger partial charge is 0.163 e. The summed E-state index contributed by atoms with van der Waals surface area (Å²) in [5, 5.41) is 31.5. The molecule has 0 saturated carbocycles. The van der Waals surface area contributed by atoms with Crippen LogP contribution in [0.5, 0.6) is 5.75 Å². The van der Waals surface area contributed by atoms with Gasteiger partial charge in [0.1, 0.15) is 11.0 Å². The lowest BCUT2D eigenvalue weighted by atomic mass is 9.90. The lowest BCUT2D eigenvalue weighted by Crippen LogP contribution is -2.29. The highest BCUT2D eigenvalue weighted by molar-refractivity contribution is 7.92. The summed E-state index contributed by atoms with van der Waals surface area (Å²) in [5.41, 5.74) is 3.35. The fourth-order valence-electron chi connectivity index (χ4n) is 4.42. The number of benzene rings is 2. The maximum absolute atomic E-state index is 12.5. The molecule has 0 amide bonds. The number of rotatable bonds is 8. The minimum absolute atomic E-state index is 0.000485. The van der Waals surface area contributed by atoms with Gasteiger partial charge in [-0.1, -0.05) is 62.8 Å². The Hall–Kier alpha value is -2.15. The van der Waals surface area contributed by atoms with Crippen molar-refractivity contribution in [1.82, 2.24) is 0 Å². The number of phenols is 1. The molecule has 168 valence electrons. The number of fused-ring (bicyclic) bond motifs is 1. The van der Waals surface area contributed by atoms with Crippen LogP contribution in [0, 0.1) is 5.92 Å². The van der Waals surface area contributed by atoms with Gasteiger partial charge < -0.3 is 15.3 Å². The second-order valence-corrected chi connectivity index (χ2v) is 10.7. The highest BCUT2D eigenvalue weighted by Gasteiger charge is 2.41. The first-order chi connectivity index (χ1) is 14.7. The molecule has 2 aromatic rings. The van der Waals surface area contributed by atoms with Gasteiger partial charge in [0, 0.05) is 5.39 Å². The van der Waals surface area contributed by atoms with Crippen LogP contribution in [0.3, 0.4) is 0 Å². The summed E-state index contributed by atoms with van der Waals surface area (Å²) in [7, 11) is -3.47. The van der Waals surface area contributed by atoms with Crippen molar-refractivity contribution in [3.63, 3.8) is 0 Å². The minimum Gasteiger partial charge on any atom is -0.507 e. The van der Waals surface area contributed by atoms with Crippen LogP contribution >= 0.6 is 0 Å². The zero-order valence-electron chi connectivity index (χ0n) is 18.4. The lowest BCUT2D eigenvalue weighted by molar-refractivity contribution is 0.187. The van der Waals surface area contributed by atoms with Gasteiger partial charge in [-0.3, -0.25) is 0 Å². The van der Waals surface area contributed by atoms with Crippen LogP contribution in [-0.2, 0) is 9.84 Å². The highest BCUT2D eigenvalue weighted by Crippen LogP contribution is 2.36. The molecule has 31 heavy (non-hydrogen) atoms. The molecule has 1 aliphatic rings. The van der Waals surface area contributed by atoms with Crippen molar-refractivity contribution in [3.8, 4) is 5.75 Å². The normalized spacial score (nSPS) is 20.1. The van der Waals surface area contributed by atoms with Gasteiger partial charge in [-0.05, 0) is 53.3 Å². The molecule has 0 bridgehead atoms. The molecule has 2 aromatic carbocycles. The van der Waals surface area contributed by atoms with Gasteiger partial charge in [-0.2, -0.15) is 0 Å². The predicted octanol–water partition coefficient (Wildman–Crippen LogP) is 4.22. The summed E-state index contributed by atoms with van der Waals surface area (Å²) in [6, 6.07) is 11.2. The molecule has 0 aromatic heterocycles. The van der Waals surface area contributed by atoms with Gasteiger partial charge in [0.2, 0.25) is 0 Å². The molecule has 3 N–H and O–H groups in total. The Morgan fingerprint density at radius 2 is 1.84 bits per heavy atom. The monoisotopic (exact) mass is 444 g/mol. The van der Waals surface area contributed by atoms with Crippen LogP contribution in [0.25, 0.3) is 16.8 Å². The summed E-state index contributed by atoms with van der Waals surface area (Å²) in [5.74, 6) is 0.158. The van der Waals surface area contributed by atoms with Crippen molar-refractivity contribution < 1.29 is 23.7 Å². The van der Waals surface area contributed by atoms with Crippen molar-refractivity contribution in [2.24, 2.45) is 5.92 Å². The topological polar surface area (TPSA) is 94.8 Å². The third-order valence-electron chi connectivity index (χ3n) is 6.22. The van der Waals surface area contributed by atoms with Crippen LogP contribution in [0.4, 0.5) is 0 Å². The van der Waals surface area contributed by atoms with E-state index in [9.17, 15) is 23.7 Å². The number of allylic oxidation sites excluding steroid dienone is 1. The van der Waals surface area contributed by atoms with Crippen molar-refractivity contribution in [2.75, 3.05) is 12.4 Å². The van der Waals surface area contributed by atoms with Gasteiger partial charge in [0.25, 0.3) is 0 Å². The van der Waals surface area contributed by atoms with Crippen LogP contribution < -0.4 is 0 Å². The molecule has 0 saturated heterocycles. The third kappa shape index (κ3) is 4.86. The Morgan fingerprint density at radius 3 is 2.45 bits per heavy atom. The van der Waals surface area contributed by atoms with Gasteiger partial charge in [-0.25, -0.2) is 8.42 Å². The molecule has 3 rings (SSSR count). The van der Waals surface area contributed by atoms with Crippen molar-refractivity contribution in [2.45, 2.75) is 51.4 Å². The van der Waals surface area contributed by atoms with E-state index in [1.807, 2.05) is 44.2 Å². The SMILES string of the molecule is CC/C(=C\c1ccc(O)c2ccccc12)CC[C@@H](O)C1=C(C(C)C)CS(=O)(=O)[C@H]1CO. The number of hydrogen-bond donors (Lipinski definition) is 3. The maximum Gasteiger partial charge on any atom is 0.163 e. The molecule has 1 aliphatic heterocycles. The molecular weight excluding hydrogens is 412 g/mol. The molecule has 0 aliphatic carbocycles. The Kier molecular flexibility index (Phi) is 7.24. The van der Waals surface area contributed by atoms with Crippen molar-refractivity contribution in [3.05, 3.63) is 58.7 Å². The molecule has 0 radical (unpaired) electrons. The minimum atomic E-state index is -3.47.